The average Bonchev–Trinajstić information content (AvgIpc) is 2.28. The maximum absolute atomic E-state index is 13.7. The van der Waals surface area contributed by atoms with Crippen molar-refractivity contribution in [3.05, 3.63) is 29.6 Å². The summed E-state index contributed by atoms with van der Waals surface area (Å²) in [5, 5.41) is 12.1. The zero-order chi connectivity index (χ0) is 12.2. The Morgan fingerprint density at radius 1 is 1.44 bits per heavy atom. The number of aliphatic hydroxyl groups excluding tert-OH is 1. The Labute approximate surface area is 95.2 Å². The van der Waals surface area contributed by atoms with Gasteiger partial charge < -0.3 is 15.2 Å². The molecule has 0 fully saturated rings. The molecule has 0 aliphatic heterocycles. The highest BCUT2D eigenvalue weighted by molar-refractivity contribution is 5.31. The summed E-state index contributed by atoms with van der Waals surface area (Å²) in [6.07, 6.45) is 0. The van der Waals surface area contributed by atoms with Crippen LogP contribution in [0.15, 0.2) is 18.2 Å². The van der Waals surface area contributed by atoms with E-state index in [4.69, 9.17) is 9.84 Å². The normalized spacial score (nSPS) is 11.6. The third kappa shape index (κ3) is 3.18. The first-order valence-corrected chi connectivity index (χ1v) is 5.17. The Bertz CT molecular complexity index is 353. The minimum atomic E-state index is -0.421. The predicted octanol–water partition coefficient (Wildman–Crippen LogP) is 1.69. The monoisotopic (exact) mass is 227 g/mol. The van der Waals surface area contributed by atoms with Crippen molar-refractivity contribution < 1.29 is 14.2 Å². The van der Waals surface area contributed by atoms with Gasteiger partial charge in [0.25, 0.3) is 0 Å². The second-order valence-corrected chi connectivity index (χ2v) is 4.33. The van der Waals surface area contributed by atoms with Crippen LogP contribution in [-0.4, -0.2) is 24.4 Å². The number of hydrogen-bond acceptors (Lipinski definition) is 3. The van der Waals surface area contributed by atoms with Crippen LogP contribution in [0.3, 0.4) is 0 Å². The fourth-order valence-electron chi connectivity index (χ4n) is 1.24. The molecule has 0 aliphatic rings. The molecule has 0 radical (unpaired) electrons. The minimum absolute atomic E-state index is 0.00140. The molecule has 90 valence electrons. The summed E-state index contributed by atoms with van der Waals surface area (Å²) in [4.78, 5) is 0. The Kier molecular flexibility index (Phi) is 4.26. The molecule has 0 saturated carbocycles. The van der Waals surface area contributed by atoms with Crippen LogP contribution in [0.4, 0.5) is 4.39 Å². The lowest BCUT2D eigenvalue weighted by atomic mass is 10.1. The molecule has 0 saturated heterocycles. The standard InChI is InChI=1S/C12H18FNO2/c1-12(2,8-15)14-7-9-5-4-6-10(16-3)11(9)13/h4-6,14-15H,7-8H2,1-3H3. The largest absolute Gasteiger partial charge is 0.494 e. The summed E-state index contributed by atoms with van der Waals surface area (Å²) in [5.74, 6) is -0.118. The summed E-state index contributed by atoms with van der Waals surface area (Å²) in [6.45, 7) is 4.06. The van der Waals surface area contributed by atoms with Gasteiger partial charge in [-0.25, -0.2) is 4.39 Å². The number of benzene rings is 1. The van der Waals surface area contributed by atoms with Crippen molar-refractivity contribution in [2.24, 2.45) is 0 Å². The first kappa shape index (κ1) is 12.9. The van der Waals surface area contributed by atoms with E-state index in [0.717, 1.165) is 0 Å². The van der Waals surface area contributed by atoms with Crippen LogP contribution in [0.25, 0.3) is 0 Å². The number of nitrogens with one attached hydrogen (secondary N) is 1. The van der Waals surface area contributed by atoms with Gasteiger partial charge in [0, 0.05) is 17.6 Å². The summed E-state index contributed by atoms with van der Waals surface area (Å²) in [6, 6.07) is 5.01. The van der Waals surface area contributed by atoms with Gasteiger partial charge in [0.1, 0.15) is 0 Å². The van der Waals surface area contributed by atoms with Crippen molar-refractivity contribution in [2.75, 3.05) is 13.7 Å². The number of rotatable bonds is 5. The first-order chi connectivity index (χ1) is 7.50. The Balaban J connectivity index is 2.75. The number of hydrogen-bond donors (Lipinski definition) is 2. The Morgan fingerprint density at radius 3 is 2.69 bits per heavy atom. The Hall–Kier alpha value is -1.13. The fourth-order valence-corrected chi connectivity index (χ4v) is 1.24. The van der Waals surface area contributed by atoms with Crippen LogP contribution in [0, 0.1) is 5.82 Å². The number of aliphatic hydroxyl groups is 1. The van der Waals surface area contributed by atoms with Gasteiger partial charge in [0.15, 0.2) is 11.6 Å². The lowest BCUT2D eigenvalue weighted by molar-refractivity contribution is 0.187. The summed E-state index contributed by atoms with van der Waals surface area (Å²) < 4.78 is 18.6. The maximum Gasteiger partial charge on any atom is 0.169 e. The van der Waals surface area contributed by atoms with Crippen LogP contribution in [0.2, 0.25) is 0 Å². The molecule has 0 bridgehead atoms. The predicted molar refractivity (Wildman–Crippen MR) is 61.0 cm³/mol. The fraction of sp³-hybridized carbons (Fsp3) is 0.500. The zero-order valence-electron chi connectivity index (χ0n) is 9.88. The van der Waals surface area contributed by atoms with Crippen molar-refractivity contribution in [1.29, 1.82) is 0 Å². The van der Waals surface area contributed by atoms with Gasteiger partial charge in [-0.15, -0.1) is 0 Å². The highest BCUT2D eigenvalue weighted by atomic mass is 19.1. The number of methoxy groups -OCH3 is 1. The van der Waals surface area contributed by atoms with Gasteiger partial charge in [0.05, 0.1) is 13.7 Å². The molecule has 4 heteroatoms. The molecule has 0 spiro atoms. The van der Waals surface area contributed by atoms with Crippen molar-refractivity contribution in [3.63, 3.8) is 0 Å². The second kappa shape index (κ2) is 5.27. The minimum Gasteiger partial charge on any atom is -0.494 e. The van der Waals surface area contributed by atoms with Crippen molar-refractivity contribution in [1.82, 2.24) is 5.32 Å². The van der Waals surface area contributed by atoms with Crippen molar-refractivity contribution in [3.8, 4) is 5.75 Å². The molecule has 0 heterocycles. The molecular formula is C12H18FNO2. The molecule has 1 aromatic rings. The Morgan fingerprint density at radius 2 is 2.12 bits per heavy atom. The highest BCUT2D eigenvalue weighted by Gasteiger charge is 2.16. The second-order valence-electron chi connectivity index (χ2n) is 4.33. The lowest BCUT2D eigenvalue weighted by Gasteiger charge is -2.23. The van der Waals surface area contributed by atoms with E-state index < -0.39 is 5.54 Å². The van der Waals surface area contributed by atoms with Gasteiger partial charge in [-0.2, -0.15) is 0 Å². The molecule has 1 aromatic carbocycles. The van der Waals surface area contributed by atoms with Gasteiger partial charge in [-0.05, 0) is 19.9 Å². The molecule has 0 aliphatic carbocycles. The van der Waals surface area contributed by atoms with Crippen LogP contribution in [0.1, 0.15) is 19.4 Å². The molecule has 0 amide bonds. The molecule has 3 nitrogen and oxygen atoms in total. The van der Waals surface area contributed by atoms with Crippen LogP contribution in [0.5, 0.6) is 5.75 Å². The average molecular weight is 227 g/mol. The molecule has 2 N–H and O–H groups in total. The first-order valence-electron chi connectivity index (χ1n) is 5.17. The summed E-state index contributed by atoms with van der Waals surface area (Å²) in [5.41, 5.74) is 0.107. The zero-order valence-corrected chi connectivity index (χ0v) is 9.88. The van der Waals surface area contributed by atoms with E-state index in [1.54, 1.807) is 18.2 Å². The molecule has 16 heavy (non-hydrogen) atoms. The topological polar surface area (TPSA) is 41.5 Å². The SMILES string of the molecule is COc1cccc(CNC(C)(C)CO)c1F. The summed E-state index contributed by atoms with van der Waals surface area (Å²) >= 11 is 0. The molecule has 0 unspecified atom stereocenters. The smallest absolute Gasteiger partial charge is 0.169 e. The molecule has 0 aromatic heterocycles. The summed E-state index contributed by atoms with van der Waals surface area (Å²) in [7, 11) is 1.44. The van der Waals surface area contributed by atoms with E-state index in [1.165, 1.54) is 7.11 Å². The molecule has 0 atom stereocenters. The maximum atomic E-state index is 13.7. The third-order valence-electron chi connectivity index (χ3n) is 2.42. The van der Waals surface area contributed by atoms with Crippen LogP contribution < -0.4 is 10.1 Å². The van der Waals surface area contributed by atoms with Crippen molar-refractivity contribution >= 4 is 0 Å². The van der Waals surface area contributed by atoms with E-state index in [-0.39, 0.29) is 18.2 Å². The number of halogens is 1. The van der Waals surface area contributed by atoms with Crippen LogP contribution >= 0.6 is 0 Å². The molecular weight excluding hydrogens is 209 g/mol. The van der Waals surface area contributed by atoms with Crippen LogP contribution in [-0.2, 0) is 6.54 Å². The van der Waals surface area contributed by atoms with Crippen molar-refractivity contribution in [2.45, 2.75) is 25.9 Å². The number of ether oxygens (including phenoxy) is 1. The van der Waals surface area contributed by atoms with Gasteiger partial charge in [-0.1, -0.05) is 12.1 Å². The van der Waals surface area contributed by atoms with E-state index >= 15 is 0 Å². The van der Waals surface area contributed by atoms with Gasteiger partial charge >= 0.3 is 0 Å². The van der Waals surface area contributed by atoms with E-state index in [0.29, 0.717) is 12.1 Å². The van der Waals surface area contributed by atoms with E-state index in [9.17, 15) is 4.39 Å². The van der Waals surface area contributed by atoms with Gasteiger partial charge in [-0.3, -0.25) is 0 Å². The lowest BCUT2D eigenvalue weighted by Crippen LogP contribution is -2.42. The van der Waals surface area contributed by atoms with E-state index in [2.05, 4.69) is 5.32 Å². The highest BCUT2D eigenvalue weighted by Crippen LogP contribution is 2.20. The third-order valence-corrected chi connectivity index (χ3v) is 2.42. The van der Waals surface area contributed by atoms with E-state index in [1.807, 2.05) is 13.8 Å². The quantitative estimate of drug-likeness (QED) is 0.804. The van der Waals surface area contributed by atoms with Gasteiger partial charge in [0.2, 0.25) is 0 Å². The molecule has 1 rings (SSSR count).